The number of nitrogens with zero attached hydrogens (tertiary/aromatic N) is 1. The number of nitrogens with one attached hydrogen (secondary N) is 1. The predicted octanol–water partition coefficient (Wildman–Crippen LogP) is 3.30. The van der Waals surface area contributed by atoms with Gasteiger partial charge in [0, 0.05) is 18.0 Å². The van der Waals surface area contributed by atoms with E-state index in [0.717, 1.165) is 11.1 Å². The number of hydrogen-bond acceptors (Lipinski definition) is 3. The summed E-state index contributed by atoms with van der Waals surface area (Å²) in [6.45, 7) is 0.356. The summed E-state index contributed by atoms with van der Waals surface area (Å²) < 4.78 is 25.4. The summed E-state index contributed by atoms with van der Waals surface area (Å²) in [6.07, 6.45) is 2.71. The average molecular weight is 393 g/mol. The molecule has 1 aliphatic rings. The van der Waals surface area contributed by atoms with Gasteiger partial charge in [0.1, 0.15) is 0 Å². The summed E-state index contributed by atoms with van der Waals surface area (Å²) in [4.78, 5) is 12.4. The summed E-state index contributed by atoms with van der Waals surface area (Å²) in [5.74, 6) is -0.0578. The van der Waals surface area contributed by atoms with Crippen LogP contribution in [-0.4, -0.2) is 27.1 Å². The van der Waals surface area contributed by atoms with Crippen LogP contribution >= 0.6 is 11.6 Å². The highest BCUT2D eigenvalue weighted by Crippen LogP contribution is 2.35. The molecule has 0 aliphatic carbocycles. The molecule has 2 aromatic rings. The van der Waals surface area contributed by atoms with Crippen LogP contribution in [0.1, 0.15) is 30.0 Å². The zero-order chi connectivity index (χ0) is 18.7. The average Bonchev–Trinajstić information content (AvgIpc) is 2.59. The predicted molar refractivity (Wildman–Crippen MR) is 104 cm³/mol. The molecule has 7 heteroatoms. The van der Waals surface area contributed by atoms with E-state index in [1.54, 1.807) is 18.2 Å². The Morgan fingerprint density at radius 1 is 1.23 bits per heavy atom. The van der Waals surface area contributed by atoms with Gasteiger partial charge in [-0.05, 0) is 42.2 Å². The minimum absolute atomic E-state index is 0.0578. The molecule has 1 N–H and O–H groups in total. The van der Waals surface area contributed by atoms with E-state index in [9.17, 15) is 13.2 Å². The molecule has 1 amide bonds. The van der Waals surface area contributed by atoms with Crippen LogP contribution in [0, 0.1) is 0 Å². The van der Waals surface area contributed by atoms with Crippen molar-refractivity contribution in [3.63, 3.8) is 0 Å². The Bertz CT molecular complexity index is 915. The van der Waals surface area contributed by atoms with E-state index in [2.05, 4.69) is 5.32 Å². The zero-order valence-corrected chi connectivity index (χ0v) is 16.1. The van der Waals surface area contributed by atoms with Gasteiger partial charge < -0.3 is 5.32 Å². The third-order valence-electron chi connectivity index (χ3n) is 4.47. The Balaban J connectivity index is 1.69. The van der Waals surface area contributed by atoms with Crippen molar-refractivity contribution in [1.29, 1.82) is 0 Å². The van der Waals surface area contributed by atoms with Crippen molar-refractivity contribution in [3.8, 4) is 0 Å². The van der Waals surface area contributed by atoms with Crippen LogP contribution in [0.2, 0.25) is 5.02 Å². The third-order valence-corrected chi connectivity index (χ3v) is 5.88. The SMILES string of the molecule is CS(=O)(=O)N1CCC(NC(=O)CCc2cccc(Cl)c2)c2ccccc21. The van der Waals surface area contributed by atoms with Crippen molar-refractivity contribution in [2.24, 2.45) is 0 Å². The number of carbonyl (C=O) groups is 1. The minimum Gasteiger partial charge on any atom is -0.349 e. The first kappa shape index (κ1) is 18.7. The first-order valence-corrected chi connectivity index (χ1v) is 10.7. The van der Waals surface area contributed by atoms with Crippen molar-refractivity contribution in [2.45, 2.75) is 25.3 Å². The molecule has 5 nitrogen and oxygen atoms in total. The molecule has 0 saturated heterocycles. The fourth-order valence-electron chi connectivity index (χ4n) is 3.24. The number of fused-ring (bicyclic) bond motifs is 1. The maximum atomic E-state index is 12.4. The van der Waals surface area contributed by atoms with Crippen molar-refractivity contribution >= 4 is 33.2 Å². The summed E-state index contributed by atoms with van der Waals surface area (Å²) in [5.41, 5.74) is 2.49. The Kier molecular flexibility index (Phi) is 5.53. The second-order valence-corrected chi connectivity index (χ2v) is 8.78. The van der Waals surface area contributed by atoms with Crippen LogP contribution in [0.4, 0.5) is 5.69 Å². The van der Waals surface area contributed by atoms with Gasteiger partial charge in [-0.1, -0.05) is 41.9 Å². The highest BCUT2D eigenvalue weighted by Gasteiger charge is 2.30. The van der Waals surface area contributed by atoms with Crippen molar-refractivity contribution in [2.75, 3.05) is 17.1 Å². The number of rotatable bonds is 5. The van der Waals surface area contributed by atoms with E-state index >= 15 is 0 Å². The lowest BCUT2D eigenvalue weighted by atomic mass is 9.97. The molecule has 0 spiro atoms. The number of amides is 1. The molecule has 3 rings (SSSR count). The maximum absolute atomic E-state index is 12.4. The van der Waals surface area contributed by atoms with Gasteiger partial charge in [-0.2, -0.15) is 0 Å². The number of halogens is 1. The maximum Gasteiger partial charge on any atom is 0.232 e. The van der Waals surface area contributed by atoms with E-state index in [-0.39, 0.29) is 11.9 Å². The summed E-state index contributed by atoms with van der Waals surface area (Å²) in [6, 6.07) is 14.6. The number of aryl methyl sites for hydroxylation is 1. The van der Waals surface area contributed by atoms with Gasteiger partial charge in [-0.15, -0.1) is 0 Å². The number of anilines is 1. The molecule has 0 saturated carbocycles. The van der Waals surface area contributed by atoms with Crippen LogP contribution in [0.5, 0.6) is 0 Å². The monoisotopic (exact) mass is 392 g/mol. The van der Waals surface area contributed by atoms with E-state index in [1.165, 1.54) is 10.6 Å². The Labute approximate surface area is 159 Å². The van der Waals surface area contributed by atoms with Crippen LogP contribution < -0.4 is 9.62 Å². The second kappa shape index (κ2) is 7.68. The summed E-state index contributed by atoms with van der Waals surface area (Å²) >= 11 is 5.97. The summed E-state index contributed by atoms with van der Waals surface area (Å²) in [7, 11) is -3.33. The van der Waals surface area contributed by atoms with Gasteiger partial charge in [0.05, 0.1) is 18.0 Å². The number of para-hydroxylation sites is 1. The molecule has 138 valence electrons. The molecular formula is C19H21ClN2O3S. The Morgan fingerprint density at radius 3 is 2.73 bits per heavy atom. The van der Waals surface area contributed by atoms with Crippen molar-refractivity contribution < 1.29 is 13.2 Å². The third kappa shape index (κ3) is 4.37. The molecule has 26 heavy (non-hydrogen) atoms. The Morgan fingerprint density at radius 2 is 2.00 bits per heavy atom. The van der Waals surface area contributed by atoms with E-state index in [0.29, 0.717) is 36.5 Å². The smallest absolute Gasteiger partial charge is 0.232 e. The molecule has 0 bridgehead atoms. The highest BCUT2D eigenvalue weighted by molar-refractivity contribution is 7.92. The van der Waals surface area contributed by atoms with Gasteiger partial charge in [0.15, 0.2) is 0 Å². The fraction of sp³-hybridized carbons (Fsp3) is 0.316. The molecule has 1 unspecified atom stereocenters. The molecule has 0 aromatic heterocycles. The number of benzene rings is 2. The largest absolute Gasteiger partial charge is 0.349 e. The molecule has 0 radical (unpaired) electrons. The van der Waals surface area contributed by atoms with E-state index in [4.69, 9.17) is 11.6 Å². The molecule has 1 atom stereocenters. The van der Waals surface area contributed by atoms with Crippen LogP contribution in [-0.2, 0) is 21.2 Å². The molecule has 2 aromatic carbocycles. The lowest BCUT2D eigenvalue weighted by Crippen LogP contribution is -2.40. The molecular weight excluding hydrogens is 372 g/mol. The molecule has 1 aliphatic heterocycles. The van der Waals surface area contributed by atoms with Gasteiger partial charge in [0.25, 0.3) is 0 Å². The second-order valence-electron chi connectivity index (χ2n) is 6.43. The quantitative estimate of drug-likeness (QED) is 0.848. The van der Waals surface area contributed by atoms with Gasteiger partial charge in [-0.3, -0.25) is 9.10 Å². The fourth-order valence-corrected chi connectivity index (χ4v) is 4.42. The number of sulfonamides is 1. The topological polar surface area (TPSA) is 66.5 Å². The van der Waals surface area contributed by atoms with E-state index < -0.39 is 10.0 Å². The first-order chi connectivity index (χ1) is 12.3. The lowest BCUT2D eigenvalue weighted by molar-refractivity contribution is -0.121. The van der Waals surface area contributed by atoms with Crippen molar-refractivity contribution in [3.05, 3.63) is 64.7 Å². The van der Waals surface area contributed by atoms with Crippen LogP contribution in [0.25, 0.3) is 0 Å². The lowest BCUT2D eigenvalue weighted by Gasteiger charge is -2.34. The van der Waals surface area contributed by atoms with Crippen LogP contribution in [0.15, 0.2) is 48.5 Å². The van der Waals surface area contributed by atoms with Gasteiger partial charge in [0.2, 0.25) is 15.9 Å². The number of carbonyl (C=O) groups excluding carboxylic acids is 1. The zero-order valence-electron chi connectivity index (χ0n) is 14.5. The van der Waals surface area contributed by atoms with Gasteiger partial charge >= 0.3 is 0 Å². The van der Waals surface area contributed by atoms with Crippen LogP contribution in [0.3, 0.4) is 0 Å². The summed E-state index contributed by atoms with van der Waals surface area (Å²) in [5, 5.41) is 3.70. The Hall–Kier alpha value is -2.05. The van der Waals surface area contributed by atoms with Gasteiger partial charge in [-0.25, -0.2) is 8.42 Å². The van der Waals surface area contributed by atoms with E-state index in [1.807, 2.05) is 30.3 Å². The highest BCUT2D eigenvalue weighted by atomic mass is 35.5. The minimum atomic E-state index is -3.33. The molecule has 0 fully saturated rings. The molecule has 1 heterocycles. The first-order valence-electron chi connectivity index (χ1n) is 8.45. The normalized spacial score (nSPS) is 16.8. The number of hydrogen-bond donors (Lipinski definition) is 1. The standard InChI is InChI=1S/C19H21ClN2O3S/c1-26(24,25)22-12-11-17(16-7-2-3-8-18(16)22)21-19(23)10-9-14-5-4-6-15(20)13-14/h2-8,13,17H,9-12H2,1H3,(H,21,23). The van der Waals surface area contributed by atoms with Crippen molar-refractivity contribution in [1.82, 2.24) is 5.32 Å².